The maximum absolute atomic E-state index is 12.7. The minimum Gasteiger partial charge on any atom is -0.341 e. The van der Waals surface area contributed by atoms with Gasteiger partial charge in [-0.2, -0.15) is 5.26 Å². The van der Waals surface area contributed by atoms with E-state index in [0.29, 0.717) is 16.7 Å². The van der Waals surface area contributed by atoms with Crippen LogP contribution >= 0.6 is 0 Å². The van der Waals surface area contributed by atoms with Crippen LogP contribution in [0.5, 0.6) is 0 Å². The standard InChI is InChI=1S/C17H11FN2O/c18-16-8-6-13(7-9-16)4-2-10-20-17(21)15-5-1-3-14(11-15)12-19/h1,3,5-9,11H,10H2,(H,20,21). The number of nitriles is 1. The van der Waals surface area contributed by atoms with Gasteiger partial charge in [-0.15, -0.1) is 0 Å². The number of benzene rings is 2. The van der Waals surface area contributed by atoms with Gasteiger partial charge >= 0.3 is 0 Å². The molecule has 4 heteroatoms. The fourth-order valence-corrected chi connectivity index (χ4v) is 1.64. The molecule has 0 aliphatic carbocycles. The van der Waals surface area contributed by atoms with Crippen molar-refractivity contribution in [2.45, 2.75) is 0 Å². The summed E-state index contributed by atoms with van der Waals surface area (Å²) in [4.78, 5) is 11.8. The van der Waals surface area contributed by atoms with Crippen LogP contribution in [0.25, 0.3) is 0 Å². The Labute approximate surface area is 122 Å². The molecule has 0 spiro atoms. The van der Waals surface area contributed by atoms with Crippen molar-refractivity contribution in [2.24, 2.45) is 0 Å². The summed E-state index contributed by atoms with van der Waals surface area (Å²) in [5.74, 6) is 4.99. The Hall–Kier alpha value is -3.11. The zero-order chi connectivity index (χ0) is 15.1. The number of amides is 1. The quantitative estimate of drug-likeness (QED) is 0.858. The summed E-state index contributed by atoms with van der Waals surface area (Å²) in [6, 6.07) is 14.2. The third-order valence-electron chi connectivity index (χ3n) is 2.67. The first-order valence-electron chi connectivity index (χ1n) is 6.22. The molecule has 0 bridgehead atoms. The normalized spacial score (nSPS) is 9.14. The Morgan fingerprint density at radius 3 is 2.62 bits per heavy atom. The zero-order valence-electron chi connectivity index (χ0n) is 11.1. The Balaban J connectivity index is 1.93. The van der Waals surface area contributed by atoms with Crippen LogP contribution in [-0.4, -0.2) is 12.5 Å². The van der Waals surface area contributed by atoms with E-state index in [4.69, 9.17) is 5.26 Å². The second-order valence-electron chi connectivity index (χ2n) is 4.18. The third-order valence-corrected chi connectivity index (χ3v) is 2.67. The topological polar surface area (TPSA) is 52.9 Å². The highest BCUT2D eigenvalue weighted by molar-refractivity contribution is 5.94. The highest BCUT2D eigenvalue weighted by Crippen LogP contribution is 2.03. The molecular formula is C17H11FN2O. The molecule has 21 heavy (non-hydrogen) atoms. The molecule has 0 saturated heterocycles. The largest absolute Gasteiger partial charge is 0.341 e. The summed E-state index contributed by atoms with van der Waals surface area (Å²) in [5.41, 5.74) is 1.52. The molecule has 2 aromatic rings. The minimum atomic E-state index is -0.314. The number of nitrogens with zero attached hydrogens (tertiary/aromatic N) is 1. The number of hydrogen-bond acceptors (Lipinski definition) is 2. The van der Waals surface area contributed by atoms with Crippen molar-refractivity contribution < 1.29 is 9.18 Å². The molecule has 0 aromatic heterocycles. The molecule has 1 N–H and O–H groups in total. The third kappa shape index (κ3) is 4.19. The summed E-state index contributed by atoms with van der Waals surface area (Å²) < 4.78 is 12.7. The van der Waals surface area contributed by atoms with E-state index in [1.807, 2.05) is 6.07 Å². The van der Waals surface area contributed by atoms with Crippen molar-refractivity contribution in [1.29, 1.82) is 5.26 Å². The first-order chi connectivity index (χ1) is 10.2. The average molecular weight is 278 g/mol. The first kappa shape index (κ1) is 14.3. The molecule has 0 radical (unpaired) electrons. The number of carbonyl (C=O) groups is 1. The van der Waals surface area contributed by atoms with Gasteiger partial charge < -0.3 is 5.32 Å². The molecule has 0 heterocycles. The van der Waals surface area contributed by atoms with E-state index in [2.05, 4.69) is 17.2 Å². The number of hydrogen-bond donors (Lipinski definition) is 1. The Bertz CT molecular complexity index is 749. The predicted octanol–water partition coefficient (Wildman–Crippen LogP) is 2.48. The molecule has 3 nitrogen and oxygen atoms in total. The monoisotopic (exact) mass is 278 g/mol. The average Bonchev–Trinajstić information content (AvgIpc) is 2.53. The predicted molar refractivity (Wildman–Crippen MR) is 76.8 cm³/mol. The number of nitrogens with one attached hydrogen (secondary N) is 1. The second-order valence-corrected chi connectivity index (χ2v) is 4.18. The van der Waals surface area contributed by atoms with Crippen LogP contribution in [0.4, 0.5) is 4.39 Å². The van der Waals surface area contributed by atoms with E-state index < -0.39 is 0 Å². The van der Waals surface area contributed by atoms with Crippen LogP contribution < -0.4 is 5.32 Å². The van der Waals surface area contributed by atoms with Crippen molar-refractivity contribution in [1.82, 2.24) is 5.32 Å². The van der Waals surface area contributed by atoms with Crippen LogP contribution in [-0.2, 0) is 0 Å². The summed E-state index contributed by atoms with van der Waals surface area (Å²) in [6.45, 7) is 0.174. The van der Waals surface area contributed by atoms with Crippen molar-refractivity contribution in [3.8, 4) is 17.9 Å². The minimum absolute atomic E-state index is 0.174. The van der Waals surface area contributed by atoms with Crippen LogP contribution in [0.1, 0.15) is 21.5 Å². The molecule has 0 unspecified atom stereocenters. The summed E-state index contributed by atoms with van der Waals surface area (Å²) >= 11 is 0. The molecule has 0 atom stereocenters. The smallest absolute Gasteiger partial charge is 0.252 e. The summed E-state index contributed by atoms with van der Waals surface area (Å²) in [6.07, 6.45) is 0. The highest BCUT2D eigenvalue weighted by Gasteiger charge is 2.04. The molecule has 102 valence electrons. The molecule has 2 aromatic carbocycles. The van der Waals surface area contributed by atoms with E-state index >= 15 is 0 Å². The van der Waals surface area contributed by atoms with E-state index in [1.54, 1.807) is 30.3 Å². The number of carbonyl (C=O) groups excluding carboxylic acids is 1. The lowest BCUT2D eigenvalue weighted by Crippen LogP contribution is -2.23. The van der Waals surface area contributed by atoms with Gasteiger partial charge in [-0.05, 0) is 42.5 Å². The Morgan fingerprint density at radius 2 is 1.90 bits per heavy atom. The molecular weight excluding hydrogens is 267 g/mol. The molecule has 0 saturated carbocycles. The van der Waals surface area contributed by atoms with Crippen molar-refractivity contribution in [3.63, 3.8) is 0 Å². The van der Waals surface area contributed by atoms with E-state index in [1.165, 1.54) is 18.2 Å². The van der Waals surface area contributed by atoms with Gasteiger partial charge in [0.2, 0.25) is 0 Å². The first-order valence-corrected chi connectivity index (χ1v) is 6.22. The van der Waals surface area contributed by atoms with Crippen LogP contribution in [0.3, 0.4) is 0 Å². The van der Waals surface area contributed by atoms with E-state index in [0.717, 1.165) is 0 Å². The summed E-state index contributed by atoms with van der Waals surface area (Å²) in [7, 11) is 0. The van der Waals surface area contributed by atoms with Crippen LogP contribution in [0.2, 0.25) is 0 Å². The van der Waals surface area contributed by atoms with Crippen molar-refractivity contribution in [2.75, 3.05) is 6.54 Å². The van der Waals surface area contributed by atoms with E-state index in [9.17, 15) is 9.18 Å². The van der Waals surface area contributed by atoms with Gasteiger partial charge in [-0.25, -0.2) is 4.39 Å². The number of rotatable bonds is 2. The fraction of sp³-hybridized carbons (Fsp3) is 0.0588. The lowest BCUT2D eigenvalue weighted by atomic mass is 10.1. The Kier molecular flexibility index (Phi) is 4.69. The highest BCUT2D eigenvalue weighted by atomic mass is 19.1. The van der Waals surface area contributed by atoms with Gasteiger partial charge in [0.25, 0.3) is 5.91 Å². The maximum Gasteiger partial charge on any atom is 0.252 e. The van der Waals surface area contributed by atoms with Gasteiger partial charge in [-0.3, -0.25) is 4.79 Å². The second kappa shape index (κ2) is 6.88. The van der Waals surface area contributed by atoms with Crippen molar-refractivity contribution in [3.05, 3.63) is 71.0 Å². The molecule has 0 aliphatic rings. The van der Waals surface area contributed by atoms with Gasteiger partial charge in [0.05, 0.1) is 18.2 Å². The maximum atomic E-state index is 12.7. The lowest BCUT2D eigenvalue weighted by Gasteiger charge is -2.01. The molecule has 2 rings (SSSR count). The summed E-state index contributed by atoms with van der Waals surface area (Å²) in [5, 5.41) is 11.4. The number of halogens is 1. The van der Waals surface area contributed by atoms with Gasteiger partial charge in [0, 0.05) is 11.1 Å². The lowest BCUT2D eigenvalue weighted by molar-refractivity contribution is 0.0958. The molecule has 1 amide bonds. The Morgan fingerprint density at radius 1 is 1.14 bits per heavy atom. The fourth-order valence-electron chi connectivity index (χ4n) is 1.64. The molecule has 0 fully saturated rings. The van der Waals surface area contributed by atoms with Gasteiger partial charge in [0.1, 0.15) is 5.82 Å². The van der Waals surface area contributed by atoms with Gasteiger partial charge in [-0.1, -0.05) is 17.9 Å². The van der Waals surface area contributed by atoms with E-state index in [-0.39, 0.29) is 18.3 Å². The van der Waals surface area contributed by atoms with Gasteiger partial charge in [0.15, 0.2) is 0 Å². The van der Waals surface area contributed by atoms with Crippen LogP contribution in [0, 0.1) is 29.0 Å². The zero-order valence-corrected chi connectivity index (χ0v) is 11.1. The molecule has 0 aliphatic heterocycles. The van der Waals surface area contributed by atoms with Crippen molar-refractivity contribution >= 4 is 5.91 Å². The SMILES string of the molecule is N#Cc1cccc(C(=O)NCC#Cc2ccc(F)cc2)c1. The van der Waals surface area contributed by atoms with Crippen LogP contribution in [0.15, 0.2) is 48.5 Å².